The summed E-state index contributed by atoms with van der Waals surface area (Å²) in [6.45, 7) is 4.62. The van der Waals surface area contributed by atoms with Crippen LogP contribution in [0.3, 0.4) is 0 Å². The van der Waals surface area contributed by atoms with Crippen LogP contribution in [-0.2, 0) is 20.6 Å². The molecule has 4 N–H and O–H groups in total. The molecule has 17 heteroatoms. The molecule has 0 spiro atoms. The SMILES string of the molecule is COc1cc(N2CC[C@@H](N(C)C(=O)CN3CCC(c4ccc(NC5CCC(=O)NC5=O)cc4)CC3)C2)ccc1Nc1ncc(C(F)(F)F)c(Nc2ccccc2C(C)=O)n1. The first kappa shape index (κ1) is 41.9. The predicted octanol–water partition coefficient (Wildman–Crippen LogP) is 6.33. The Hall–Kier alpha value is -6.23. The number of methoxy groups -OCH3 is 1. The second-order valence-electron chi connectivity index (χ2n) is 15.4. The lowest BCUT2D eigenvalue weighted by atomic mass is 9.89. The Morgan fingerprint density at radius 3 is 2.40 bits per heavy atom. The molecule has 3 fully saturated rings. The molecule has 316 valence electrons. The Labute approximate surface area is 345 Å². The Balaban J connectivity index is 0.917. The fraction of sp³-hybridized carbons (Fsp3) is 0.395. The molecule has 0 bridgehead atoms. The minimum Gasteiger partial charge on any atom is -0.494 e. The van der Waals surface area contributed by atoms with E-state index in [4.69, 9.17) is 4.74 Å². The minimum absolute atomic E-state index is 0.00531. The fourth-order valence-electron chi connectivity index (χ4n) is 7.98. The Bertz CT molecular complexity index is 2230. The number of amides is 3. The molecule has 1 aromatic heterocycles. The van der Waals surface area contributed by atoms with Crippen LogP contribution in [0.4, 0.5) is 47.7 Å². The maximum absolute atomic E-state index is 14.0. The van der Waals surface area contributed by atoms with Crippen molar-refractivity contribution in [3.05, 3.63) is 89.6 Å². The van der Waals surface area contributed by atoms with Crippen LogP contribution in [-0.4, -0.2) is 102 Å². The van der Waals surface area contributed by atoms with Crippen LogP contribution >= 0.6 is 0 Å². The summed E-state index contributed by atoms with van der Waals surface area (Å²) in [6.07, 6.45) is -0.638. The van der Waals surface area contributed by atoms with Crippen molar-refractivity contribution in [3.8, 4) is 5.75 Å². The van der Waals surface area contributed by atoms with E-state index in [9.17, 15) is 32.3 Å². The number of ether oxygens (including phenoxy) is 1. The normalized spacial score (nSPS) is 18.8. The third kappa shape index (κ3) is 9.79. The molecular weight excluding hydrogens is 780 g/mol. The second-order valence-corrected chi connectivity index (χ2v) is 15.4. The summed E-state index contributed by atoms with van der Waals surface area (Å²) in [5.74, 6) is -0.620. The van der Waals surface area contributed by atoms with Gasteiger partial charge in [0.15, 0.2) is 5.78 Å². The number of hydrogen-bond acceptors (Lipinski definition) is 12. The topological polar surface area (TPSA) is 161 Å². The summed E-state index contributed by atoms with van der Waals surface area (Å²) in [6, 6.07) is 19.4. The van der Waals surface area contributed by atoms with E-state index >= 15 is 0 Å². The number of alkyl halides is 3. The number of likely N-dealkylation sites (tertiary alicyclic amines) is 1. The van der Waals surface area contributed by atoms with Crippen molar-refractivity contribution in [1.82, 2.24) is 25.1 Å². The molecule has 7 rings (SSSR count). The number of likely N-dealkylation sites (N-methyl/N-ethyl adjacent to an activating group) is 1. The highest BCUT2D eigenvalue weighted by Crippen LogP contribution is 2.38. The van der Waals surface area contributed by atoms with E-state index in [-0.39, 0.29) is 46.7 Å². The number of piperidine rings is 2. The third-order valence-electron chi connectivity index (χ3n) is 11.5. The number of Topliss-reactive ketones (excluding diaryl/α,β-unsaturated/α-hetero) is 1. The Kier molecular flexibility index (Phi) is 12.5. The van der Waals surface area contributed by atoms with E-state index < -0.39 is 23.6 Å². The molecule has 4 aromatic rings. The highest BCUT2D eigenvalue weighted by molar-refractivity contribution is 6.01. The molecule has 4 heterocycles. The van der Waals surface area contributed by atoms with E-state index in [1.165, 1.54) is 31.7 Å². The van der Waals surface area contributed by atoms with Gasteiger partial charge in [-0.1, -0.05) is 24.3 Å². The smallest absolute Gasteiger partial charge is 0.421 e. The van der Waals surface area contributed by atoms with Gasteiger partial charge in [-0.15, -0.1) is 0 Å². The third-order valence-corrected chi connectivity index (χ3v) is 11.5. The first-order valence-electron chi connectivity index (χ1n) is 19.9. The van der Waals surface area contributed by atoms with Gasteiger partial charge < -0.3 is 30.5 Å². The maximum Gasteiger partial charge on any atom is 0.421 e. The molecule has 14 nitrogen and oxygen atoms in total. The molecule has 3 saturated heterocycles. The number of aromatic nitrogens is 2. The Morgan fingerprint density at radius 1 is 0.950 bits per heavy atom. The van der Waals surface area contributed by atoms with E-state index in [1.807, 2.05) is 36.2 Å². The van der Waals surface area contributed by atoms with E-state index in [0.717, 1.165) is 43.7 Å². The summed E-state index contributed by atoms with van der Waals surface area (Å²) >= 11 is 0. The van der Waals surface area contributed by atoms with Gasteiger partial charge in [0.05, 0.1) is 31.1 Å². The number of carbonyl (C=O) groups excluding carboxylic acids is 4. The van der Waals surface area contributed by atoms with Crippen LogP contribution in [0.5, 0.6) is 5.75 Å². The predicted molar refractivity (Wildman–Crippen MR) is 221 cm³/mol. The van der Waals surface area contributed by atoms with Gasteiger partial charge >= 0.3 is 6.18 Å². The average molecular weight is 828 g/mol. The van der Waals surface area contributed by atoms with Crippen molar-refractivity contribution < 1.29 is 37.1 Å². The molecule has 0 aliphatic carbocycles. The first-order valence-corrected chi connectivity index (χ1v) is 19.9. The van der Waals surface area contributed by atoms with Gasteiger partial charge in [0, 0.05) is 55.8 Å². The number of anilines is 6. The number of benzene rings is 3. The van der Waals surface area contributed by atoms with Crippen LogP contribution in [0, 0.1) is 0 Å². The van der Waals surface area contributed by atoms with Crippen LogP contribution in [0.1, 0.15) is 66.4 Å². The fourth-order valence-corrected chi connectivity index (χ4v) is 7.98. The van der Waals surface area contributed by atoms with Crippen molar-refractivity contribution in [2.24, 2.45) is 0 Å². The summed E-state index contributed by atoms with van der Waals surface area (Å²) in [5.41, 5.74) is 2.66. The van der Waals surface area contributed by atoms with Crippen LogP contribution in [0.2, 0.25) is 0 Å². The number of para-hydroxylation sites is 1. The summed E-state index contributed by atoms with van der Waals surface area (Å²) in [7, 11) is 3.35. The van der Waals surface area contributed by atoms with Gasteiger partial charge in [-0.3, -0.25) is 29.4 Å². The van der Waals surface area contributed by atoms with Gasteiger partial charge in [0.2, 0.25) is 23.7 Å². The van der Waals surface area contributed by atoms with Crippen LogP contribution in [0.25, 0.3) is 0 Å². The standard InChI is InChI=1S/C43H48F3N9O5/c1-26(56)32-6-4-5-7-34(32)49-40-33(43(44,45)46)23-47-42(52-40)50-35-13-12-30(22-37(35)60-3)55-21-18-31(24-55)53(2)39(58)25-54-19-16-28(17-20-54)27-8-10-29(11-9-27)48-36-14-15-38(57)51-41(36)59/h4-13,22-23,28,31,36,48H,14-21,24-25H2,1-3H3,(H,51,57,59)(H2,47,49,50,52)/t31-,36?/m1/s1. The second kappa shape index (κ2) is 17.9. The molecule has 60 heavy (non-hydrogen) atoms. The molecule has 1 unspecified atom stereocenters. The number of carbonyl (C=O) groups is 4. The van der Waals surface area contributed by atoms with E-state index in [2.05, 4.69) is 53.2 Å². The van der Waals surface area contributed by atoms with Crippen molar-refractivity contribution in [2.45, 2.75) is 63.2 Å². The highest BCUT2D eigenvalue weighted by atomic mass is 19.4. The molecule has 3 amide bonds. The zero-order valence-electron chi connectivity index (χ0n) is 33.6. The van der Waals surface area contributed by atoms with Gasteiger partial charge in [-0.2, -0.15) is 18.2 Å². The minimum atomic E-state index is -4.76. The number of nitrogens with one attached hydrogen (secondary N) is 4. The molecule has 3 aliphatic rings. The van der Waals surface area contributed by atoms with Crippen molar-refractivity contribution >= 4 is 58.0 Å². The molecule has 3 aromatic carbocycles. The van der Waals surface area contributed by atoms with Crippen molar-refractivity contribution in [1.29, 1.82) is 0 Å². The molecular formula is C43H48F3N9O5. The van der Waals surface area contributed by atoms with Gasteiger partial charge in [0.1, 0.15) is 23.2 Å². The maximum atomic E-state index is 14.0. The van der Waals surface area contributed by atoms with Crippen molar-refractivity contribution in [2.75, 3.05) is 67.7 Å². The highest BCUT2D eigenvalue weighted by Gasteiger charge is 2.36. The largest absolute Gasteiger partial charge is 0.494 e. The van der Waals surface area contributed by atoms with Crippen molar-refractivity contribution in [3.63, 3.8) is 0 Å². The average Bonchev–Trinajstić information content (AvgIpc) is 3.73. The molecule has 3 aliphatic heterocycles. The van der Waals surface area contributed by atoms with Gasteiger partial charge in [-0.05, 0) is 93.6 Å². The number of rotatable bonds is 13. The summed E-state index contributed by atoms with van der Waals surface area (Å²) < 4.78 is 47.6. The van der Waals surface area contributed by atoms with Gasteiger partial charge in [-0.25, -0.2) is 4.98 Å². The molecule has 0 saturated carbocycles. The zero-order valence-corrected chi connectivity index (χ0v) is 33.6. The number of ketones is 1. The summed E-state index contributed by atoms with van der Waals surface area (Å²) in [5, 5.41) is 11.2. The first-order chi connectivity index (χ1) is 28.7. The summed E-state index contributed by atoms with van der Waals surface area (Å²) in [4.78, 5) is 63.5. The zero-order chi connectivity index (χ0) is 42.6. The van der Waals surface area contributed by atoms with Crippen LogP contribution in [0.15, 0.2) is 72.9 Å². The lowest BCUT2D eigenvalue weighted by Crippen LogP contribution is -2.47. The van der Waals surface area contributed by atoms with Crippen LogP contribution < -0.4 is 30.9 Å². The number of imide groups is 1. The lowest BCUT2D eigenvalue weighted by molar-refractivity contribution is -0.137. The number of nitrogens with zero attached hydrogens (tertiary/aromatic N) is 5. The lowest BCUT2D eigenvalue weighted by Gasteiger charge is -2.34. The quantitative estimate of drug-likeness (QED) is 0.0878. The molecule has 0 radical (unpaired) electrons. The van der Waals surface area contributed by atoms with Gasteiger partial charge in [0.25, 0.3) is 0 Å². The monoisotopic (exact) mass is 827 g/mol. The van der Waals surface area contributed by atoms with E-state index in [0.29, 0.717) is 56.0 Å². The Morgan fingerprint density at radius 2 is 1.70 bits per heavy atom. The van der Waals surface area contributed by atoms with E-state index in [1.54, 1.807) is 18.2 Å². The molecule has 2 atom stereocenters. The number of hydrogen-bond donors (Lipinski definition) is 4. The number of halogens is 3.